The van der Waals surface area contributed by atoms with Gasteiger partial charge in [0.25, 0.3) is 5.91 Å². The average molecular weight is 189 g/mol. The molecule has 0 bridgehead atoms. The van der Waals surface area contributed by atoms with E-state index in [0.717, 1.165) is 16.6 Å². The molecule has 0 spiro atoms. The molecule has 4 heteroatoms. The Morgan fingerprint density at radius 3 is 2.79 bits per heavy atom. The highest BCUT2D eigenvalue weighted by Crippen LogP contribution is 2.17. The predicted octanol–water partition coefficient (Wildman–Crippen LogP) is 0.981. The highest BCUT2D eigenvalue weighted by Gasteiger charge is 2.12. The van der Waals surface area contributed by atoms with E-state index < -0.39 is 5.91 Å². The number of aromatic nitrogens is 2. The molecule has 0 saturated carbocycles. The molecule has 0 aliphatic rings. The van der Waals surface area contributed by atoms with Crippen molar-refractivity contribution in [2.75, 3.05) is 0 Å². The first-order chi connectivity index (χ1) is 6.61. The van der Waals surface area contributed by atoms with Crippen molar-refractivity contribution in [1.82, 2.24) is 9.55 Å². The van der Waals surface area contributed by atoms with Crippen molar-refractivity contribution in [1.29, 1.82) is 0 Å². The lowest BCUT2D eigenvalue weighted by Crippen LogP contribution is -2.16. The van der Waals surface area contributed by atoms with Crippen LogP contribution >= 0.6 is 0 Å². The highest BCUT2D eigenvalue weighted by molar-refractivity contribution is 5.94. The number of hydrogen-bond donors (Lipinski definition) is 1. The number of imidazole rings is 1. The zero-order valence-corrected chi connectivity index (χ0v) is 8.11. The minimum absolute atomic E-state index is 0.300. The van der Waals surface area contributed by atoms with E-state index in [1.165, 1.54) is 0 Å². The van der Waals surface area contributed by atoms with Gasteiger partial charge in [-0.1, -0.05) is 12.1 Å². The topological polar surface area (TPSA) is 60.9 Å². The van der Waals surface area contributed by atoms with Crippen LogP contribution in [-0.2, 0) is 7.05 Å². The maximum atomic E-state index is 11.0. The van der Waals surface area contributed by atoms with Gasteiger partial charge in [-0.25, -0.2) is 4.98 Å². The summed E-state index contributed by atoms with van der Waals surface area (Å²) in [5.74, 6) is -0.197. The number of fused-ring (bicyclic) bond motifs is 1. The van der Waals surface area contributed by atoms with Crippen LogP contribution in [-0.4, -0.2) is 15.5 Å². The Hall–Kier alpha value is -1.84. The number of carbonyl (C=O) groups excluding carboxylic acids is 1. The molecule has 0 radical (unpaired) electrons. The molecular weight excluding hydrogens is 178 g/mol. The van der Waals surface area contributed by atoms with Crippen LogP contribution in [0, 0.1) is 6.92 Å². The third kappa shape index (κ3) is 1.08. The van der Waals surface area contributed by atoms with Crippen LogP contribution in [0.5, 0.6) is 0 Å². The van der Waals surface area contributed by atoms with Gasteiger partial charge in [-0.15, -0.1) is 0 Å². The van der Waals surface area contributed by atoms with Crippen LogP contribution in [0.2, 0.25) is 0 Å². The van der Waals surface area contributed by atoms with Crippen molar-refractivity contribution in [3.05, 3.63) is 29.6 Å². The van der Waals surface area contributed by atoms with Crippen LogP contribution in [0.25, 0.3) is 11.0 Å². The van der Waals surface area contributed by atoms with Gasteiger partial charge in [-0.2, -0.15) is 0 Å². The molecule has 0 fully saturated rings. The lowest BCUT2D eigenvalue weighted by Gasteiger charge is -1.97. The van der Waals surface area contributed by atoms with Gasteiger partial charge >= 0.3 is 0 Å². The maximum absolute atomic E-state index is 11.0. The zero-order valence-electron chi connectivity index (χ0n) is 8.11. The molecular formula is C10H11N3O. The summed E-state index contributed by atoms with van der Waals surface area (Å²) in [7, 11) is 1.79. The molecule has 1 amide bonds. The lowest BCUT2D eigenvalue weighted by molar-refractivity contribution is 0.0988. The van der Waals surface area contributed by atoms with Crippen molar-refractivity contribution >= 4 is 16.9 Å². The first kappa shape index (κ1) is 8.74. The second-order valence-electron chi connectivity index (χ2n) is 3.30. The standard InChI is InChI=1S/C10H11N3O/c1-6-4-3-5-7-8(6)12-10(9(11)14)13(7)2/h3-5H,1-2H3,(H2,11,14). The van der Waals surface area contributed by atoms with E-state index in [4.69, 9.17) is 5.73 Å². The highest BCUT2D eigenvalue weighted by atomic mass is 16.1. The number of benzene rings is 1. The van der Waals surface area contributed by atoms with Gasteiger partial charge in [0, 0.05) is 7.05 Å². The summed E-state index contributed by atoms with van der Waals surface area (Å²) in [6.45, 7) is 1.96. The van der Waals surface area contributed by atoms with E-state index in [1.807, 2.05) is 25.1 Å². The number of rotatable bonds is 1. The Morgan fingerprint density at radius 1 is 1.50 bits per heavy atom. The third-order valence-electron chi connectivity index (χ3n) is 2.33. The van der Waals surface area contributed by atoms with Crippen LogP contribution in [0.4, 0.5) is 0 Å². The Bertz CT molecular complexity index is 513. The van der Waals surface area contributed by atoms with Gasteiger partial charge in [0.1, 0.15) is 0 Å². The van der Waals surface area contributed by atoms with Crippen molar-refractivity contribution < 1.29 is 4.79 Å². The Balaban J connectivity index is 2.86. The molecule has 1 aromatic heterocycles. The second kappa shape index (κ2) is 2.83. The van der Waals surface area contributed by atoms with E-state index in [9.17, 15) is 4.79 Å². The van der Waals surface area contributed by atoms with Crippen molar-refractivity contribution in [3.63, 3.8) is 0 Å². The smallest absolute Gasteiger partial charge is 0.284 e. The Labute approximate surface area is 81.3 Å². The molecule has 2 rings (SSSR count). The molecule has 1 aromatic carbocycles. The van der Waals surface area contributed by atoms with Gasteiger partial charge in [-0.05, 0) is 18.6 Å². The van der Waals surface area contributed by atoms with Crippen molar-refractivity contribution in [3.8, 4) is 0 Å². The van der Waals surface area contributed by atoms with Gasteiger partial charge in [0.05, 0.1) is 11.0 Å². The molecule has 2 aromatic rings. The van der Waals surface area contributed by atoms with E-state index in [1.54, 1.807) is 11.6 Å². The van der Waals surface area contributed by atoms with Gasteiger partial charge in [0.15, 0.2) is 5.82 Å². The normalized spacial score (nSPS) is 10.7. The predicted molar refractivity (Wildman–Crippen MR) is 54.0 cm³/mol. The Morgan fingerprint density at radius 2 is 2.21 bits per heavy atom. The fourth-order valence-electron chi connectivity index (χ4n) is 1.57. The zero-order chi connectivity index (χ0) is 10.3. The van der Waals surface area contributed by atoms with E-state index >= 15 is 0 Å². The maximum Gasteiger partial charge on any atom is 0.284 e. The minimum Gasteiger partial charge on any atom is -0.363 e. The summed E-state index contributed by atoms with van der Waals surface area (Å²) < 4.78 is 1.71. The van der Waals surface area contributed by atoms with Crippen LogP contribution in [0.3, 0.4) is 0 Å². The van der Waals surface area contributed by atoms with Crippen LogP contribution in [0.1, 0.15) is 16.2 Å². The van der Waals surface area contributed by atoms with Crippen LogP contribution in [0.15, 0.2) is 18.2 Å². The molecule has 0 aliphatic heterocycles. The second-order valence-corrected chi connectivity index (χ2v) is 3.30. The van der Waals surface area contributed by atoms with E-state index in [2.05, 4.69) is 4.98 Å². The number of hydrogen-bond acceptors (Lipinski definition) is 2. The first-order valence-electron chi connectivity index (χ1n) is 4.33. The summed E-state index contributed by atoms with van der Waals surface area (Å²) in [5.41, 5.74) is 8.02. The average Bonchev–Trinajstić information content (AvgIpc) is 2.46. The molecule has 0 saturated heterocycles. The van der Waals surface area contributed by atoms with Crippen molar-refractivity contribution in [2.45, 2.75) is 6.92 Å². The number of aryl methyl sites for hydroxylation is 2. The summed E-state index contributed by atoms with van der Waals surface area (Å²) >= 11 is 0. The lowest BCUT2D eigenvalue weighted by atomic mass is 10.2. The molecule has 0 unspecified atom stereocenters. The molecule has 4 nitrogen and oxygen atoms in total. The van der Waals surface area contributed by atoms with Crippen molar-refractivity contribution in [2.24, 2.45) is 12.8 Å². The number of para-hydroxylation sites is 1. The molecule has 1 heterocycles. The number of carbonyl (C=O) groups is 1. The fourth-order valence-corrected chi connectivity index (χ4v) is 1.57. The van der Waals surface area contributed by atoms with Crippen LogP contribution < -0.4 is 5.73 Å². The number of primary amides is 1. The summed E-state index contributed by atoms with van der Waals surface area (Å²) in [4.78, 5) is 15.2. The van der Waals surface area contributed by atoms with E-state index in [0.29, 0.717) is 5.82 Å². The number of amides is 1. The van der Waals surface area contributed by atoms with Gasteiger partial charge in [-0.3, -0.25) is 4.79 Å². The Kier molecular flexibility index (Phi) is 1.77. The van der Waals surface area contributed by atoms with Gasteiger partial charge in [0.2, 0.25) is 0 Å². The van der Waals surface area contributed by atoms with E-state index in [-0.39, 0.29) is 0 Å². The number of nitrogens with zero attached hydrogens (tertiary/aromatic N) is 2. The largest absolute Gasteiger partial charge is 0.363 e. The molecule has 2 N–H and O–H groups in total. The molecule has 14 heavy (non-hydrogen) atoms. The first-order valence-corrected chi connectivity index (χ1v) is 4.33. The monoisotopic (exact) mass is 189 g/mol. The molecule has 72 valence electrons. The van der Waals surface area contributed by atoms with Gasteiger partial charge < -0.3 is 10.3 Å². The summed E-state index contributed by atoms with van der Waals surface area (Å²) in [6.07, 6.45) is 0. The third-order valence-corrected chi connectivity index (χ3v) is 2.33. The SMILES string of the molecule is Cc1cccc2c1nc(C(N)=O)n2C. The minimum atomic E-state index is -0.497. The quantitative estimate of drug-likeness (QED) is 0.726. The summed E-state index contributed by atoms with van der Waals surface area (Å²) in [5, 5.41) is 0. The molecule has 0 atom stereocenters. The fraction of sp³-hybridized carbons (Fsp3) is 0.200. The molecule has 0 aliphatic carbocycles. The summed E-state index contributed by atoms with van der Waals surface area (Å²) in [6, 6.07) is 5.81. The number of nitrogens with two attached hydrogens (primary N) is 1.